The van der Waals surface area contributed by atoms with Gasteiger partial charge in [-0.1, -0.05) is 6.92 Å². The minimum atomic E-state index is 0.391. The minimum Gasteiger partial charge on any atom is -0.310 e. The van der Waals surface area contributed by atoms with Gasteiger partial charge in [0.1, 0.15) is 0 Å². The molecule has 0 aliphatic heterocycles. The maximum Gasteiger partial charge on any atom is 0.0758 e. The molecule has 0 saturated heterocycles. The Morgan fingerprint density at radius 3 is 2.75 bits per heavy atom. The second kappa shape index (κ2) is 7.50. The first-order valence-electron chi connectivity index (χ1n) is 5.26. The van der Waals surface area contributed by atoms with E-state index in [1.54, 1.807) is 11.3 Å². The molecular weight excluding hydrogens is 350 g/mol. The van der Waals surface area contributed by atoms with Gasteiger partial charge in [0.2, 0.25) is 0 Å². The largest absolute Gasteiger partial charge is 0.310 e. The molecule has 0 bridgehead atoms. The summed E-state index contributed by atoms with van der Waals surface area (Å²) >= 11 is 8.85. The Kier molecular flexibility index (Phi) is 6.67. The van der Waals surface area contributed by atoms with E-state index in [0.29, 0.717) is 6.04 Å². The maximum absolute atomic E-state index is 3.61. The van der Waals surface area contributed by atoms with Crippen LogP contribution in [0, 0.1) is 11.8 Å². The molecule has 1 atom stereocenters. The van der Waals surface area contributed by atoms with Crippen molar-refractivity contribution in [1.82, 2.24) is 5.32 Å². The van der Waals surface area contributed by atoms with Crippen molar-refractivity contribution in [2.45, 2.75) is 32.7 Å². The van der Waals surface area contributed by atoms with Crippen LogP contribution in [-0.2, 0) is 0 Å². The quantitative estimate of drug-likeness (QED) is 0.745. The van der Waals surface area contributed by atoms with Crippen LogP contribution in [0.15, 0.2) is 13.6 Å². The van der Waals surface area contributed by atoms with Gasteiger partial charge in [0, 0.05) is 12.5 Å². The average molecular weight is 365 g/mol. The number of rotatable bonds is 5. The molecular formula is C12H15Br2NS. The predicted molar refractivity (Wildman–Crippen MR) is 78.8 cm³/mol. The third-order valence-corrected chi connectivity index (χ3v) is 4.63. The zero-order chi connectivity index (χ0) is 12.0. The minimum absolute atomic E-state index is 0.391. The van der Waals surface area contributed by atoms with Gasteiger partial charge in [-0.15, -0.1) is 23.2 Å². The lowest BCUT2D eigenvalue weighted by atomic mass is 10.1. The Morgan fingerprint density at radius 1 is 1.50 bits per heavy atom. The molecule has 0 aromatic carbocycles. The normalized spacial score (nSPS) is 12.0. The monoisotopic (exact) mass is 363 g/mol. The number of thiophene rings is 1. The lowest BCUT2D eigenvalue weighted by Crippen LogP contribution is -2.20. The molecule has 0 aliphatic carbocycles. The smallest absolute Gasteiger partial charge is 0.0758 e. The van der Waals surface area contributed by atoms with Crippen LogP contribution >= 0.6 is 43.2 Å². The van der Waals surface area contributed by atoms with Crippen LogP contribution in [0.3, 0.4) is 0 Å². The predicted octanol–water partition coefficient (Wildman–Crippen LogP) is 4.73. The molecule has 1 aromatic heterocycles. The molecule has 1 N–H and O–H groups in total. The van der Waals surface area contributed by atoms with E-state index in [1.165, 1.54) is 13.1 Å². The van der Waals surface area contributed by atoms with E-state index < -0.39 is 0 Å². The van der Waals surface area contributed by atoms with E-state index in [9.17, 15) is 0 Å². The van der Waals surface area contributed by atoms with E-state index in [2.05, 4.69) is 62.0 Å². The Balaban J connectivity index is 2.74. The molecule has 4 heteroatoms. The molecule has 0 saturated carbocycles. The summed E-state index contributed by atoms with van der Waals surface area (Å²) in [5, 5.41) is 3.50. The molecule has 1 unspecified atom stereocenters. The summed E-state index contributed by atoms with van der Waals surface area (Å²) in [6.45, 7) is 5.00. The van der Waals surface area contributed by atoms with Crippen LogP contribution in [0.4, 0.5) is 0 Å². The fraction of sp³-hybridized carbons (Fsp3) is 0.500. The summed E-state index contributed by atoms with van der Waals surface area (Å²) < 4.78 is 2.37. The van der Waals surface area contributed by atoms with Gasteiger partial charge in [0.25, 0.3) is 0 Å². The van der Waals surface area contributed by atoms with Gasteiger partial charge in [-0.3, -0.25) is 0 Å². The number of hydrogen-bond acceptors (Lipinski definition) is 2. The molecule has 0 amide bonds. The van der Waals surface area contributed by atoms with Crippen molar-refractivity contribution in [3.63, 3.8) is 0 Å². The molecule has 1 aromatic rings. The van der Waals surface area contributed by atoms with Crippen LogP contribution in [0.5, 0.6) is 0 Å². The Hall–Kier alpha value is 0.180. The Morgan fingerprint density at radius 2 is 2.25 bits per heavy atom. The summed E-state index contributed by atoms with van der Waals surface area (Å²) in [5.74, 6) is 6.06. The molecule has 1 nitrogen and oxygen atoms in total. The lowest BCUT2D eigenvalue weighted by molar-refractivity contribution is 0.522. The van der Waals surface area contributed by atoms with Gasteiger partial charge < -0.3 is 5.32 Å². The highest BCUT2D eigenvalue weighted by molar-refractivity contribution is 9.12. The zero-order valence-corrected chi connectivity index (χ0v) is 13.4. The van der Waals surface area contributed by atoms with E-state index in [-0.39, 0.29) is 0 Å². The van der Waals surface area contributed by atoms with Crippen molar-refractivity contribution >= 4 is 43.2 Å². The van der Waals surface area contributed by atoms with Gasteiger partial charge in [0.05, 0.1) is 7.57 Å². The van der Waals surface area contributed by atoms with Gasteiger partial charge in [-0.2, -0.15) is 0 Å². The lowest BCUT2D eigenvalue weighted by Gasteiger charge is -2.16. The van der Waals surface area contributed by atoms with Crippen LogP contribution in [0.1, 0.15) is 38.3 Å². The second-order valence-electron chi connectivity index (χ2n) is 3.36. The van der Waals surface area contributed by atoms with E-state index in [1.807, 2.05) is 6.92 Å². The van der Waals surface area contributed by atoms with Crippen molar-refractivity contribution in [1.29, 1.82) is 0 Å². The molecule has 0 spiro atoms. The van der Waals surface area contributed by atoms with Crippen LogP contribution in [0.25, 0.3) is 0 Å². The van der Waals surface area contributed by atoms with Gasteiger partial charge in [-0.05, 0) is 63.4 Å². The van der Waals surface area contributed by atoms with Gasteiger partial charge in [-0.25, -0.2) is 0 Å². The second-order valence-corrected chi connectivity index (χ2v) is 7.10. The van der Waals surface area contributed by atoms with Crippen molar-refractivity contribution < 1.29 is 0 Å². The maximum atomic E-state index is 3.61. The van der Waals surface area contributed by atoms with Crippen LogP contribution in [-0.4, -0.2) is 6.54 Å². The summed E-state index contributed by atoms with van der Waals surface area (Å²) in [5.41, 5.74) is 1.33. The first-order chi connectivity index (χ1) is 7.69. The highest BCUT2D eigenvalue weighted by atomic mass is 79.9. The SMILES string of the molecule is CC#CCCC(NCC)c1cc(Br)sc1Br. The molecule has 0 fully saturated rings. The summed E-state index contributed by atoms with van der Waals surface area (Å²) in [7, 11) is 0. The Labute approximate surface area is 118 Å². The molecule has 1 heterocycles. The van der Waals surface area contributed by atoms with E-state index in [0.717, 1.165) is 19.4 Å². The van der Waals surface area contributed by atoms with Gasteiger partial charge >= 0.3 is 0 Å². The standard InChI is InChI=1S/C12H15Br2NS/c1-3-5-6-7-10(15-4-2)9-8-11(13)16-12(9)14/h8,10,15H,4,6-7H2,1-2H3. The first-order valence-corrected chi connectivity index (χ1v) is 7.67. The van der Waals surface area contributed by atoms with Crippen molar-refractivity contribution in [2.75, 3.05) is 6.54 Å². The summed E-state index contributed by atoms with van der Waals surface area (Å²) in [6, 6.07) is 2.57. The number of hydrogen-bond donors (Lipinski definition) is 1. The highest BCUT2D eigenvalue weighted by Gasteiger charge is 2.15. The number of halogens is 2. The average Bonchev–Trinajstić information content (AvgIpc) is 2.57. The molecule has 0 radical (unpaired) electrons. The summed E-state index contributed by atoms with van der Waals surface area (Å²) in [4.78, 5) is 0. The van der Waals surface area contributed by atoms with Crippen LogP contribution < -0.4 is 5.32 Å². The van der Waals surface area contributed by atoms with E-state index in [4.69, 9.17) is 0 Å². The highest BCUT2D eigenvalue weighted by Crippen LogP contribution is 2.36. The molecule has 1 rings (SSSR count). The third-order valence-electron chi connectivity index (χ3n) is 2.24. The fourth-order valence-electron chi connectivity index (χ4n) is 1.55. The number of nitrogens with one attached hydrogen (secondary N) is 1. The zero-order valence-electron chi connectivity index (χ0n) is 9.44. The molecule has 88 valence electrons. The first kappa shape index (κ1) is 14.2. The topological polar surface area (TPSA) is 12.0 Å². The van der Waals surface area contributed by atoms with Crippen molar-refractivity contribution in [3.8, 4) is 11.8 Å². The fourth-order valence-corrected chi connectivity index (χ4v) is 4.52. The van der Waals surface area contributed by atoms with Crippen molar-refractivity contribution in [3.05, 3.63) is 19.2 Å². The van der Waals surface area contributed by atoms with Crippen LogP contribution in [0.2, 0.25) is 0 Å². The van der Waals surface area contributed by atoms with Gasteiger partial charge in [0.15, 0.2) is 0 Å². The van der Waals surface area contributed by atoms with E-state index >= 15 is 0 Å². The van der Waals surface area contributed by atoms with Crippen molar-refractivity contribution in [2.24, 2.45) is 0 Å². The Bertz CT molecular complexity index is 389. The molecule has 0 aliphatic rings. The third kappa shape index (κ3) is 4.21. The summed E-state index contributed by atoms with van der Waals surface area (Å²) in [6.07, 6.45) is 1.99. The molecule has 16 heavy (non-hydrogen) atoms.